The number of ketones is 1. The van der Waals surface area contributed by atoms with Crippen molar-refractivity contribution >= 4 is 32.6 Å². The van der Waals surface area contributed by atoms with Gasteiger partial charge in [0.25, 0.3) is 0 Å². The number of aromatic nitrogens is 1. The number of H-pyrrole nitrogens is 1. The molecule has 1 aromatic heterocycles. The maximum atomic E-state index is 11.6. The fraction of sp³-hybridized carbons (Fsp3) is 0.0625. The molecule has 0 radical (unpaired) electrons. The van der Waals surface area contributed by atoms with Crippen molar-refractivity contribution in [1.29, 1.82) is 0 Å². The molecule has 0 bridgehead atoms. The maximum absolute atomic E-state index is 11.6. The molecule has 100 valence electrons. The molecule has 0 aliphatic heterocycles. The summed E-state index contributed by atoms with van der Waals surface area (Å²) in [5.41, 5.74) is 1.49. The molecule has 0 fully saturated rings. The van der Waals surface area contributed by atoms with Crippen molar-refractivity contribution in [2.45, 2.75) is 6.92 Å². The van der Waals surface area contributed by atoms with Gasteiger partial charge < -0.3 is 9.72 Å². The molecule has 0 aliphatic rings. The minimum atomic E-state index is 0.0317. The molecule has 1 N–H and O–H groups in total. The predicted octanol–water partition coefficient (Wildman–Crippen LogP) is 4.93. The van der Waals surface area contributed by atoms with Crippen LogP contribution in [0.25, 0.3) is 10.9 Å². The number of carbonyl (C=O) groups excluding carboxylic acids is 1. The number of hydrogen-bond donors (Lipinski definition) is 1. The van der Waals surface area contributed by atoms with Crippen molar-refractivity contribution in [3.8, 4) is 11.5 Å². The monoisotopic (exact) mass is 329 g/mol. The number of para-hydroxylation sites is 1. The second-order valence-electron chi connectivity index (χ2n) is 4.47. The highest BCUT2D eigenvalue weighted by Gasteiger charge is 2.14. The van der Waals surface area contributed by atoms with Crippen LogP contribution in [0.15, 0.2) is 53.1 Å². The molecular formula is C16H12BrNO2. The van der Waals surface area contributed by atoms with Crippen LogP contribution in [0.4, 0.5) is 0 Å². The Bertz CT molecular complexity index is 778. The topological polar surface area (TPSA) is 42.1 Å². The van der Waals surface area contributed by atoms with E-state index in [1.807, 2.05) is 42.5 Å². The standard InChI is InChI=1S/C16H12BrNO2/c1-10(19)13-9-18-15-12(13)7-8-14(17)16(15)20-11-5-3-2-4-6-11/h2-9,18H,1H3. The number of fused-ring (bicyclic) bond motifs is 1. The van der Waals surface area contributed by atoms with Crippen molar-refractivity contribution in [3.63, 3.8) is 0 Å². The second kappa shape index (κ2) is 5.13. The van der Waals surface area contributed by atoms with Gasteiger partial charge >= 0.3 is 0 Å². The van der Waals surface area contributed by atoms with E-state index < -0.39 is 0 Å². The number of hydrogen-bond acceptors (Lipinski definition) is 2. The third kappa shape index (κ3) is 2.23. The van der Waals surface area contributed by atoms with E-state index >= 15 is 0 Å². The highest BCUT2D eigenvalue weighted by molar-refractivity contribution is 9.10. The highest BCUT2D eigenvalue weighted by Crippen LogP contribution is 2.37. The summed E-state index contributed by atoms with van der Waals surface area (Å²) in [6, 6.07) is 13.3. The summed E-state index contributed by atoms with van der Waals surface area (Å²) in [5, 5.41) is 0.867. The fourth-order valence-electron chi connectivity index (χ4n) is 2.14. The van der Waals surface area contributed by atoms with Crippen LogP contribution in [0.5, 0.6) is 11.5 Å². The SMILES string of the molecule is CC(=O)c1c[nH]c2c(Oc3ccccc3)c(Br)ccc12. The van der Waals surface area contributed by atoms with Crippen LogP contribution in [-0.4, -0.2) is 10.8 Å². The Morgan fingerprint density at radius 1 is 1.15 bits per heavy atom. The van der Waals surface area contributed by atoms with Gasteiger partial charge in [0.15, 0.2) is 11.5 Å². The summed E-state index contributed by atoms with van der Waals surface area (Å²) in [4.78, 5) is 14.7. The quantitative estimate of drug-likeness (QED) is 0.692. The first-order valence-corrected chi connectivity index (χ1v) is 6.99. The first kappa shape index (κ1) is 12.9. The normalized spacial score (nSPS) is 10.7. The lowest BCUT2D eigenvalue weighted by atomic mass is 10.1. The number of ether oxygens (including phenoxy) is 1. The summed E-state index contributed by atoms with van der Waals surface area (Å²) in [7, 11) is 0. The zero-order chi connectivity index (χ0) is 14.1. The fourth-order valence-corrected chi connectivity index (χ4v) is 2.56. The number of benzene rings is 2. The lowest BCUT2D eigenvalue weighted by Gasteiger charge is -2.09. The first-order chi connectivity index (χ1) is 9.66. The summed E-state index contributed by atoms with van der Waals surface area (Å²) in [5.74, 6) is 1.46. The minimum absolute atomic E-state index is 0.0317. The van der Waals surface area contributed by atoms with Gasteiger partial charge in [0.05, 0.1) is 9.99 Å². The van der Waals surface area contributed by atoms with Gasteiger partial charge in [0, 0.05) is 17.1 Å². The van der Waals surface area contributed by atoms with Crippen molar-refractivity contribution in [1.82, 2.24) is 4.98 Å². The van der Waals surface area contributed by atoms with Gasteiger partial charge in [-0.25, -0.2) is 0 Å². The van der Waals surface area contributed by atoms with Gasteiger partial charge in [-0.3, -0.25) is 4.79 Å². The van der Waals surface area contributed by atoms with E-state index in [2.05, 4.69) is 20.9 Å². The zero-order valence-corrected chi connectivity index (χ0v) is 12.4. The first-order valence-electron chi connectivity index (χ1n) is 6.20. The molecule has 0 aliphatic carbocycles. The molecule has 3 rings (SSSR count). The third-order valence-electron chi connectivity index (χ3n) is 3.10. The van der Waals surface area contributed by atoms with E-state index in [9.17, 15) is 4.79 Å². The van der Waals surface area contributed by atoms with Crippen molar-refractivity contribution in [2.24, 2.45) is 0 Å². The van der Waals surface area contributed by atoms with Crippen LogP contribution in [0.3, 0.4) is 0 Å². The second-order valence-corrected chi connectivity index (χ2v) is 5.33. The average Bonchev–Trinajstić information content (AvgIpc) is 2.87. The predicted molar refractivity (Wildman–Crippen MR) is 82.5 cm³/mol. The third-order valence-corrected chi connectivity index (χ3v) is 3.73. The van der Waals surface area contributed by atoms with E-state index in [0.29, 0.717) is 11.3 Å². The van der Waals surface area contributed by atoms with Crippen molar-refractivity contribution < 1.29 is 9.53 Å². The van der Waals surface area contributed by atoms with Gasteiger partial charge in [-0.05, 0) is 41.1 Å². The van der Waals surface area contributed by atoms with Crippen LogP contribution in [-0.2, 0) is 0 Å². The Hall–Kier alpha value is -2.07. The van der Waals surface area contributed by atoms with Gasteiger partial charge in [-0.15, -0.1) is 0 Å². The molecule has 0 unspecified atom stereocenters. The molecule has 0 saturated carbocycles. The Morgan fingerprint density at radius 3 is 2.60 bits per heavy atom. The maximum Gasteiger partial charge on any atom is 0.165 e. The van der Waals surface area contributed by atoms with Gasteiger partial charge in [-0.1, -0.05) is 24.3 Å². The Morgan fingerprint density at radius 2 is 1.90 bits per heavy atom. The molecule has 1 heterocycles. The molecule has 0 spiro atoms. The Kier molecular flexibility index (Phi) is 3.32. The van der Waals surface area contributed by atoms with Crippen LogP contribution in [0.2, 0.25) is 0 Å². The Labute approximate surface area is 124 Å². The van der Waals surface area contributed by atoms with Crippen molar-refractivity contribution in [3.05, 3.63) is 58.7 Å². The molecule has 3 aromatic rings. The van der Waals surface area contributed by atoms with E-state index in [1.165, 1.54) is 0 Å². The van der Waals surface area contributed by atoms with Crippen LogP contribution in [0.1, 0.15) is 17.3 Å². The van der Waals surface area contributed by atoms with Gasteiger partial charge in [0.1, 0.15) is 5.75 Å². The summed E-state index contributed by atoms with van der Waals surface area (Å²) in [6.45, 7) is 1.56. The number of nitrogens with one attached hydrogen (secondary N) is 1. The van der Waals surface area contributed by atoms with Crippen LogP contribution < -0.4 is 4.74 Å². The van der Waals surface area contributed by atoms with E-state index in [1.54, 1.807) is 13.1 Å². The average molecular weight is 330 g/mol. The molecule has 20 heavy (non-hydrogen) atoms. The lowest BCUT2D eigenvalue weighted by molar-refractivity contribution is 0.101. The molecule has 3 nitrogen and oxygen atoms in total. The lowest BCUT2D eigenvalue weighted by Crippen LogP contribution is -1.90. The largest absolute Gasteiger partial charge is 0.454 e. The molecule has 2 aromatic carbocycles. The minimum Gasteiger partial charge on any atom is -0.454 e. The molecule has 0 amide bonds. The number of rotatable bonds is 3. The zero-order valence-electron chi connectivity index (χ0n) is 10.8. The smallest absolute Gasteiger partial charge is 0.165 e. The summed E-state index contributed by atoms with van der Waals surface area (Å²) in [6.07, 6.45) is 1.72. The highest BCUT2D eigenvalue weighted by atomic mass is 79.9. The molecule has 4 heteroatoms. The van der Waals surface area contributed by atoms with Gasteiger partial charge in [-0.2, -0.15) is 0 Å². The van der Waals surface area contributed by atoms with Crippen LogP contribution >= 0.6 is 15.9 Å². The van der Waals surface area contributed by atoms with E-state index in [-0.39, 0.29) is 5.78 Å². The number of carbonyl (C=O) groups is 1. The summed E-state index contributed by atoms with van der Waals surface area (Å²) >= 11 is 3.49. The van der Waals surface area contributed by atoms with E-state index in [0.717, 1.165) is 21.1 Å². The van der Waals surface area contributed by atoms with Gasteiger partial charge in [0.2, 0.25) is 0 Å². The Balaban J connectivity index is 2.14. The molecular weight excluding hydrogens is 318 g/mol. The summed E-state index contributed by atoms with van der Waals surface area (Å²) < 4.78 is 6.76. The molecule has 0 saturated heterocycles. The number of halogens is 1. The van der Waals surface area contributed by atoms with Crippen LogP contribution in [0, 0.1) is 0 Å². The van der Waals surface area contributed by atoms with Crippen molar-refractivity contribution in [2.75, 3.05) is 0 Å². The molecule has 0 atom stereocenters. The van der Waals surface area contributed by atoms with E-state index in [4.69, 9.17) is 4.74 Å². The number of aromatic amines is 1. The number of Topliss-reactive ketones (excluding diaryl/α,β-unsaturated/α-hetero) is 1.